The molecule has 5 nitrogen and oxygen atoms in total. The molecule has 1 aromatic carbocycles. The van der Waals surface area contributed by atoms with Crippen molar-refractivity contribution in [3.8, 4) is 0 Å². The van der Waals surface area contributed by atoms with Gasteiger partial charge in [0, 0.05) is 24.0 Å². The SMILES string of the molecule is CCOC(=O)c1oc2ccccc2c1CN1CCC(C(C)O)C1. The van der Waals surface area contributed by atoms with Gasteiger partial charge < -0.3 is 14.3 Å². The average molecular weight is 317 g/mol. The highest BCUT2D eigenvalue weighted by Crippen LogP contribution is 2.30. The lowest BCUT2D eigenvalue weighted by Crippen LogP contribution is -2.24. The van der Waals surface area contributed by atoms with Gasteiger partial charge in [-0.05, 0) is 38.8 Å². The number of hydrogen-bond donors (Lipinski definition) is 1. The summed E-state index contributed by atoms with van der Waals surface area (Å²) in [5.41, 5.74) is 1.59. The number of carbonyl (C=O) groups excluding carboxylic acids is 1. The number of aliphatic hydroxyl groups excluding tert-OH is 1. The van der Waals surface area contributed by atoms with E-state index in [1.54, 1.807) is 6.92 Å². The van der Waals surface area contributed by atoms with Crippen LogP contribution in [0.5, 0.6) is 0 Å². The summed E-state index contributed by atoms with van der Waals surface area (Å²) >= 11 is 0. The number of aliphatic hydroxyl groups is 1. The van der Waals surface area contributed by atoms with E-state index in [-0.39, 0.29) is 6.10 Å². The number of rotatable bonds is 5. The highest BCUT2D eigenvalue weighted by atomic mass is 16.5. The smallest absolute Gasteiger partial charge is 0.374 e. The van der Waals surface area contributed by atoms with Crippen molar-refractivity contribution in [2.24, 2.45) is 5.92 Å². The van der Waals surface area contributed by atoms with E-state index in [1.165, 1.54) is 0 Å². The van der Waals surface area contributed by atoms with Crippen molar-refractivity contribution in [2.45, 2.75) is 32.9 Å². The molecule has 0 radical (unpaired) electrons. The Kier molecular flexibility index (Phi) is 4.68. The number of para-hydroxylation sites is 1. The number of hydrogen-bond acceptors (Lipinski definition) is 5. The summed E-state index contributed by atoms with van der Waals surface area (Å²) < 4.78 is 10.9. The number of ether oxygens (including phenoxy) is 1. The van der Waals surface area contributed by atoms with E-state index in [1.807, 2.05) is 31.2 Å². The minimum Gasteiger partial charge on any atom is -0.460 e. The van der Waals surface area contributed by atoms with E-state index in [2.05, 4.69) is 4.90 Å². The second-order valence-electron chi connectivity index (χ2n) is 6.15. The number of carbonyl (C=O) groups is 1. The third-order valence-electron chi connectivity index (χ3n) is 4.53. The number of likely N-dealkylation sites (tertiary alicyclic amines) is 1. The fourth-order valence-electron chi connectivity index (χ4n) is 3.24. The lowest BCUT2D eigenvalue weighted by atomic mass is 10.0. The first kappa shape index (κ1) is 16.0. The number of fused-ring (bicyclic) bond motifs is 1. The highest BCUT2D eigenvalue weighted by molar-refractivity contribution is 5.96. The lowest BCUT2D eigenvalue weighted by molar-refractivity contribution is 0.0489. The Morgan fingerprint density at radius 3 is 2.96 bits per heavy atom. The molecule has 1 N–H and O–H groups in total. The zero-order valence-electron chi connectivity index (χ0n) is 13.6. The van der Waals surface area contributed by atoms with Gasteiger partial charge in [-0.15, -0.1) is 0 Å². The molecule has 23 heavy (non-hydrogen) atoms. The van der Waals surface area contributed by atoms with Crippen LogP contribution >= 0.6 is 0 Å². The van der Waals surface area contributed by atoms with E-state index in [0.717, 1.165) is 30.5 Å². The predicted molar refractivity (Wildman–Crippen MR) is 87.2 cm³/mol. The second kappa shape index (κ2) is 6.72. The van der Waals surface area contributed by atoms with Crippen molar-refractivity contribution in [1.29, 1.82) is 0 Å². The molecule has 0 saturated carbocycles. The molecule has 2 aromatic rings. The van der Waals surface area contributed by atoms with Crippen LogP contribution in [0.15, 0.2) is 28.7 Å². The Bertz CT molecular complexity index is 691. The molecular formula is C18H23NO4. The molecule has 2 atom stereocenters. The standard InChI is InChI=1S/C18H23NO4/c1-3-22-18(21)17-15(14-6-4-5-7-16(14)23-17)11-19-9-8-13(10-19)12(2)20/h4-7,12-13,20H,3,8-11H2,1-2H3. The van der Waals surface area contributed by atoms with Crippen molar-refractivity contribution in [1.82, 2.24) is 4.90 Å². The summed E-state index contributed by atoms with van der Waals surface area (Å²) in [4.78, 5) is 14.5. The van der Waals surface area contributed by atoms with E-state index >= 15 is 0 Å². The van der Waals surface area contributed by atoms with Gasteiger partial charge in [0.1, 0.15) is 5.58 Å². The van der Waals surface area contributed by atoms with E-state index in [0.29, 0.717) is 30.4 Å². The Morgan fingerprint density at radius 2 is 2.26 bits per heavy atom. The van der Waals surface area contributed by atoms with E-state index < -0.39 is 5.97 Å². The van der Waals surface area contributed by atoms with Crippen LogP contribution in [0.2, 0.25) is 0 Å². The number of esters is 1. The Labute approximate surface area is 135 Å². The van der Waals surface area contributed by atoms with Crippen molar-refractivity contribution in [3.05, 3.63) is 35.6 Å². The lowest BCUT2D eigenvalue weighted by Gasteiger charge is -2.17. The number of benzene rings is 1. The molecule has 3 rings (SSSR count). The molecule has 2 unspecified atom stereocenters. The topological polar surface area (TPSA) is 62.9 Å². The Hall–Kier alpha value is -1.85. The monoisotopic (exact) mass is 317 g/mol. The van der Waals surface area contributed by atoms with Gasteiger partial charge >= 0.3 is 5.97 Å². The second-order valence-corrected chi connectivity index (χ2v) is 6.15. The quantitative estimate of drug-likeness (QED) is 0.859. The fraction of sp³-hybridized carbons (Fsp3) is 0.500. The zero-order chi connectivity index (χ0) is 16.4. The summed E-state index contributed by atoms with van der Waals surface area (Å²) in [6.45, 7) is 6.33. The first-order valence-electron chi connectivity index (χ1n) is 8.18. The largest absolute Gasteiger partial charge is 0.460 e. The third-order valence-corrected chi connectivity index (χ3v) is 4.53. The van der Waals surface area contributed by atoms with Crippen LogP contribution in [-0.2, 0) is 11.3 Å². The Morgan fingerprint density at radius 1 is 1.48 bits per heavy atom. The van der Waals surface area contributed by atoms with Gasteiger partial charge in [0.05, 0.1) is 12.7 Å². The zero-order valence-corrected chi connectivity index (χ0v) is 13.6. The van der Waals surface area contributed by atoms with Crippen LogP contribution in [0.25, 0.3) is 11.0 Å². The maximum Gasteiger partial charge on any atom is 0.374 e. The molecule has 0 bridgehead atoms. The molecule has 1 aliphatic heterocycles. The van der Waals surface area contributed by atoms with Crippen molar-refractivity contribution >= 4 is 16.9 Å². The molecule has 0 amide bonds. The van der Waals surface area contributed by atoms with Crippen LogP contribution in [0, 0.1) is 5.92 Å². The minimum absolute atomic E-state index is 0.291. The van der Waals surface area contributed by atoms with Gasteiger partial charge in [0.15, 0.2) is 0 Å². The molecular weight excluding hydrogens is 294 g/mol. The minimum atomic E-state index is -0.412. The van der Waals surface area contributed by atoms with Crippen LogP contribution in [0.1, 0.15) is 36.4 Å². The van der Waals surface area contributed by atoms with Gasteiger partial charge in [0.25, 0.3) is 0 Å². The molecule has 1 aromatic heterocycles. The van der Waals surface area contributed by atoms with Crippen LogP contribution in [0.4, 0.5) is 0 Å². The summed E-state index contributed by atoms with van der Waals surface area (Å²) in [5, 5.41) is 10.7. The molecule has 5 heteroatoms. The van der Waals surface area contributed by atoms with Gasteiger partial charge in [-0.3, -0.25) is 4.90 Å². The number of nitrogens with zero attached hydrogens (tertiary/aromatic N) is 1. The van der Waals surface area contributed by atoms with Crippen molar-refractivity contribution in [3.63, 3.8) is 0 Å². The normalized spacial score (nSPS) is 20.0. The summed E-state index contributed by atoms with van der Waals surface area (Å²) in [7, 11) is 0. The van der Waals surface area contributed by atoms with Crippen molar-refractivity contribution < 1.29 is 19.1 Å². The molecule has 1 fully saturated rings. The van der Waals surface area contributed by atoms with Crippen LogP contribution < -0.4 is 0 Å². The van der Waals surface area contributed by atoms with Gasteiger partial charge in [0.2, 0.25) is 5.76 Å². The molecule has 0 aliphatic carbocycles. The molecule has 1 saturated heterocycles. The molecule has 124 valence electrons. The average Bonchev–Trinajstić information content (AvgIpc) is 3.13. The maximum atomic E-state index is 12.2. The molecule has 0 spiro atoms. The van der Waals surface area contributed by atoms with Gasteiger partial charge in [-0.1, -0.05) is 18.2 Å². The van der Waals surface area contributed by atoms with E-state index in [4.69, 9.17) is 9.15 Å². The maximum absolute atomic E-state index is 12.2. The van der Waals surface area contributed by atoms with Crippen LogP contribution in [-0.4, -0.2) is 41.8 Å². The predicted octanol–water partition coefficient (Wildman–Crippen LogP) is 2.81. The summed E-state index contributed by atoms with van der Waals surface area (Å²) in [5.74, 6) is 0.178. The molecule has 2 heterocycles. The first-order valence-corrected chi connectivity index (χ1v) is 8.18. The van der Waals surface area contributed by atoms with Crippen LogP contribution in [0.3, 0.4) is 0 Å². The third kappa shape index (κ3) is 3.26. The van der Waals surface area contributed by atoms with E-state index in [9.17, 15) is 9.90 Å². The first-order chi connectivity index (χ1) is 11.1. The van der Waals surface area contributed by atoms with Gasteiger partial charge in [-0.2, -0.15) is 0 Å². The highest BCUT2D eigenvalue weighted by Gasteiger charge is 2.29. The van der Waals surface area contributed by atoms with Crippen molar-refractivity contribution in [2.75, 3.05) is 19.7 Å². The van der Waals surface area contributed by atoms with Gasteiger partial charge in [-0.25, -0.2) is 4.79 Å². The fourth-order valence-corrected chi connectivity index (χ4v) is 3.24. The Balaban J connectivity index is 1.89. The molecule has 1 aliphatic rings. The number of furan rings is 1. The summed E-state index contributed by atoms with van der Waals surface area (Å²) in [6, 6.07) is 7.67. The summed E-state index contributed by atoms with van der Waals surface area (Å²) in [6.07, 6.45) is 0.674.